The Morgan fingerprint density at radius 2 is 1.73 bits per heavy atom. The summed E-state index contributed by atoms with van der Waals surface area (Å²) in [5.41, 5.74) is 0. The third-order valence-electron chi connectivity index (χ3n) is 1.05. The lowest BCUT2D eigenvalue weighted by molar-refractivity contribution is 0.193. The van der Waals surface area contributed by atoms with Crippen molar-refractivity contribution < 1.29 is 18.0 Å². The van der Waals surface area contributed by atoms with Crippen LogP contribution in [-0.4, -0.2) is 19.1 Å². The van der Waals surface area contributed by atoms with Crippen LogP contribution in [0.15, 0.2) is 0 Å². The van der Waals surface area contributed by atoms with Gasteiger partial charge in [0.15, 0.2) is 5.91 Å². The molecule has 1 unspecified atom stereocenters. The highest BCUT2D eigenvalue weighted by Crippen LogP contribution is 2.53. The van der Waals surface area contributed by atoms with Gasteiger partial charge in [-0.05, 0) is 20.8 Å². The molecule has 0 aliphatic carbocycles. The van der Waals surface area contributed by atoms with Gasteiger partial charge in [-0.15, -0.1) is 0 Å². The first kappa shape index (κ1) is 11.1. The summed E-state index contributed by atoms with van der Waals surface area (Å²) in [6, 6.07) is 0. The molecular weight excluding hydrogens is 170 g/mol. The maximum Gasteiger partial charge on any atom is 0.364 e. The summed E-state index contributed by atoms with van der Waals surface area (Å²) in [7, 11) is -3.46. The SMILES string of the molecule is CCOP(=O)(OCC)C(C)F. The maximum atomic E-state index is 12.6. The molecule has 0 aliphatic rings. The van der Waals surface area contributed by atoms with Crippen molar-refractivity contribution in [2.75, 3.05) is 13.2 Å². The van der Waals surface area contributed by atoms with E-state index >= 15 is 0 Å². The van der Waals surface area contributed by atoms with Crippen LogP contribution < -0.4 is 0 Å². The van der Waals surface area contributed by atoms with Crippen LogP contribution in [0.1, 0.15) is 20.8 Å². The van der Waals surface area contributed by atoms with Gasteiger partial charge < -0.3 is 9.05 Å². The fourth-order valence-corrected chi connectivity index (χ4v) is 1.81. The molecule has 0 fully saturated rings. The van der Waals surface area contributed by atoms with Crippen molar-refractivity contribution in [2.45, 2.75) is 26.7 Å². The fourth-order valence-electron chi connectivity index (χ4n) is 0.603. The lowest BCUT2D eigenvalue weighted by Crippen LogP contribution is -2.04. The molecule has 11 heavy (non-hydrogen) atoms. The molecule has 0 N–H and O–H groups in total. The first-order valence-electron chi connectivity index (χ1n) is 3.59. The number of rotatable bonds is 5. The smallest absolute Gasteiger partial charge is 0.307 e. The average molecular weight is 184 g/mol. The minimum absolute atomic E-state index is 0.200. The van der Waals surface area contributed by atoms with E-state index in [0.717, 1.165) is 0 Å². The summed E-state index contributed by atoms with van der Waals surface area (Å²) in [6.45, 7) is 4.87. The standard InChI is InChI=1S/C6H14FO3P/c1-4-9-11(8,6(3)7)10-5-2/h6H,4-5H2,1-3H3. The molecule has 0 aromatic carbocycles. The summed E-state index contributed by atoms with van der Waals surface area (Å²) in [5, 5.41) is 0. The molecule has 1 atom stereocenters. The van der Waals surface area contributed by atoms with Crippen LogP contribution in [0, 0.1) is 0 Å². The second kappa shape index (κ2) is 4.86. The number of halogens is 1. The van der Waals surface area contributed by atoms with Gasteiger partial charge in [0.05, 0.1) is 13.2 Å². The second-order valence-corrected chi connectivity index (χ2v) is 4.26. The molecular formula is C6H14FO3P. The minimum Gasteiger partial charge on any atom is -0.307 e. The largest absolute Gasteiger partial charge is 0.364 e. The molecule has 0 aromatic heterocycles. The van der Waals surface area contributed by atoms with Gasteiger partial charge in [0, 0.05) is 0 Å². The van der Waals surface area contributed by atoms with Crippen LogP contribution in [0.4, 0.5) is 4.39 Å². The number of hydrogen-bond acceptors (Lipinski definition) is 3. The quantitative estimate of drug-likeness (QED) is 0.616. The highest BCUT2D eigenvalue weighted by molar-refractivity contribution is 7.54. The van der Waals surface area contributed by atoms with Crippen molar-refractivity contribution in [3.8, 4) is 0 Å². The van der Waals surface area contributed by atoms with E-state index in [-0.39, 0.29) is 13.2 Å². The summed E-state index contributed by atoms with van der Waals surface area (Å²) >= 11 is 0. The summed E-state index contributed by atoms with van der Waals surface area (Å²) in [6.07, 6.45) is 0. The van der Waals surface area contributed by atoms with Crippen LogP contribution >= 0.6 is 7.60 Å². The lowest BCUT2D eigenvalue weighted by atomic mass is 10.9. The van der Waals surface area contributed by atoms with Crippen molar-refractivity contribution in [3.05, 3.63) is 0 Å². The summed E-state index contributed by atoms with van der Waals surface area (Å²) < 4.78 is 33.3. The first-order valence-corrected chi connectivity index (χ1v) is 5.20. The Kier molecular flexibility index (Phi) is 4.89. The van der Waals surface area contributed by atoms with E-state index in [4.69, 9.17) is 0 Å². The van der Waals surface area contributed by atoms with Crippen molar-refractivity contribution in [3.63, 3.8) is 0 Å². The number of alkyl halides is 1. The predicted molar refractivity (Wildman–Crippen MR) is 41.4 cm³/mol. The van der Waals surface area contributed by atoms with E-state index in [0.29, 0.717) is 0 Å². The van der Waals surface area contributed by atoms with Gasteiger partial charge in [-0.2, -0.15) is 0 Å². The van der Waals surface area contributed by atoms with E-state index in [1.54, 1.807) is 13.8 Å². The third-order valence-corrected chi connectivity index (χ3v) is 3.16. The van der Waals surface area contributed by atoms with Gasteiger partial charge >= 0.3 is 7.60 Å². The Labute approximate surface area is 66.4 Å². The van der Waals surface area contributed by atoms with Crippen LogP contribution in [0.3, 0.4) is 0 Å². The highest BCUT2D eigenvalue weighted by Gasteiger charge is 2.31. The second-order valence-electron chi connectivity index (χ2n) is 1.95. The maximum absolute atomic E-state index is 12.6. The zero-order valence-electron chi connectivity index (χ0n) is 7.04. The fraction of sp³-hybridized carbons (Fsp3) is 1.00. The zero-order valence-corrected chi connectivity index (χ0v) is 7.94. The minimum atomic E-state index is -3.46. The Bertz CT molecular complexity index is 139. The Morgan fingerprint density at radius 1 is 1.36 bits per heavy atom. The Hall–Kier alpha value is 0.0800. The predicted octanol–water partition coefficient (Wildman–Crippen LogP) is 2.57. The van der Waals surface area contributed by atoms with E-state index in [1.165, 1.54) is 6.92 Å². The van der Waals surface area contributed by atoms with Gasteiger partial charge in [0.25, 0.3) is 0 Å². The highest BCUT2D eigenvalue weighted by atomic mass is 31.2. The van der Waals surface area contributed by atoms with Gasteiger partial charge in [-0.3, -0.25) is 4.57 Å². The lowest BCUT2D eigenvalue weighted by Gasteiger charge is -2.17. The molecule has 0 radical (unpaired) electrons. The normalized spacial score (nSPS) is 14.9. The average Bonchev–Trinajstić information content (AvgIpc) is 1.88. The van der Waals surface area contributed by atoms with E-state index in [9.17, 15) is 8.96 Å². The molecule has 0 spiro atoms. The molecule has 0 aliphatic heterocycles. The molecule has 0 heterocycles. The molecule has 0 aromatic rings. The zero-order chi connectivity index (χ0) is 8.91. The topological polar surface area (TPSA) is 35.5 Å². The van der Waals surface area contributed by atoms with Crippen molar-refractivity contribution in [2.24, 2.45) is 0 Å². The Morgan fingerprint density at radius 3 is 1.91 bits per heavy atom. The monoisotopic (exact) mass is 184 g/mol. The molecule has 0 rings (SSSR count). The van der Waals surface area contributed by atoms with Crippen LogP contribution in [0.25, 0.3) is 0 Å². The van der Waals surface area contributed by atoms with Crippen molar-refractivity contribution >= 4 is 7.60 Å². The van der Waals surface area contributed by atoms with Gasteiger partial charge in [0.1, 0.15) is 0 Å². The molecule has 0 saturated carbocycles. The molecule has 0 saturated heterocycles. The van der Waals surface area contributed by atoms with E-state index in [2.05, 4.69) is 9.05 Å². The molecule has 0 amide bonds. The van der Waals surface area contributed by atoms with Crippen molar-refractivity contribution in [1.29, 1.82) is 0 Å². The molecule has 3 nitrogen and oxygen atoms in total. The Balaban J connectivity index is 4.14. The molecule has 0 bridgehead atoms. The summed E-state index contributed by atoms with van der Waals surface area (Å²) in [5.74, 6) is -1.55. The summed E-state index contributed by atoms with van der Waals surface area (Å²) in [4.78, 5) is 0. The first-order chi connectivity index (χ1) is 5.06. The number of hydrogen-bond donors (Lipinski definition) is 0. The van der Waals surface area contributed by atoms with E-state index < -0.39 is 13.5 Å². The van der Waals surface area contributed by atoms with Gasteiger partial charge in [-0.1, -0.05) is 0 Å². The van der Waals surface area contributed by atoms with Crippen LogP contribution in [-0.2, 0) is 13.6 Å². The molecule has 68 valence electrons. The molecule has 5 heteroatoms. The van der Waals surface area contributed by atoms with Crippen LogP contribution in [0.5, 0.6) is 0 Å². The third kappa shape index (κ3) is 3.32. The van der Waals surface area contributed by atoms with Crippen molar-refractivity contribution in [1.82, 2.24) is 0 Å². The van der Waals surface area contributed by atoms with E-state index in [1.807, 2.05) is 0 Å². The van der Waals surface area contributed by atoms with Crippen LogP contribution in [0.2, 0.25) is 0 Å². The van der Waals surface area contributed by atoms with Gasteiger partial charge in [-0.25, -0.2) is 4.39 Å². The van der Waals surface area contributed by atoms with Gasteiger partial charge in [0.2, 0.25) is 0 Å².